The first kappa shape index (κ1) is 17.1. The lowest BCUT2D eigenvalue weighted by atomic mass is 10.1. The van der Waals surface area contributed by atoms with E-state index in [1.807, 2.05) is 36.0 Å². The Morgan fingerprint density at radius 3 is 2.86 bits per heavy atom. The van der Waals surface area contributed by atoms with Crippen LogP contribution in [-0.4, -0.2) is 41.4 Å². The van der Waals surface area contributed by atoms with Crippen LogP contribution in [0.1, 0.15) is 25.3 Å². The zero-order valence-electron chi connectivity index (χ0n) is 12.5. The molecule has 2 unspecified atom stereocenters. The average molecular weight is 330 g/mol. The lowest BCUT2D eigenvalue weighted by Gasteiger charge is -2.24. The number of nitrogens with one attached hydrogen (secondary N) is 1. The quantitative estimate of drug-likeness (QED) is 0.769. The van der Waals surface area contributed by atoms with Crippen molar-refractivity contribution >= 4 is 23.4 Å². The van der Waals surface area contributed by atoms with Crippen molar-refractivity contribution < 1.29 is 9.84 Å². The molecular weight excluding hydrogens is 306 g/mol. The highest BCUT2D eigenvalue weighted by Gasteiger charge is 2.28. The van der Waals surface area contributed by atoms with E-state index >= 15 is 0 Å². The Balaban J connectivity index is 1.57. The summed E-state index contributed by atoms with van der Waals surface area (Å²) in [5.74, 6) is 1.25. The Hall–Kier alpha value is -0.260. The van der Waals surface area contributed by atoms with E-state index in [0.29, 0.717) is 24.5 Å². The predicted octanol–water partition coefficient (Wildman–Crippen LogP) is 3.09. The van der Waals surface area contributed by atoms with E-state index in [9.17, 15) is 5.11 Å². The van der Waals surface area contributed by atoms with Crippen LogP contribution in [0.4, 0.5) is 0 Å². The van der Waals surface area contributed by atoms with Gasteiger partial charge in [-0.15, -0.1) is 0 Å². The number of benzene rings is 1. The number of halogens is 1. The molecule has 3 nitrogen and oxygen atoms in total. The monoisotopic (exact) mass is 329 g/mol. The maximum absolute atomic E-state index is 9.91. The van der Waals surface area contributed by atoms with Crippen LogP contribution in [0.3, 0.4) is 0 Å². The number of ether oxygens (including phenoxy) is 1. The molecule has 118 valence electrons. The Morgan fingerprint density at radius 2 is 2.19 bits per heavy atom. The van der Waals surface area contributed by atoms with Crippen molar-refractivity contribution in [1.29, 1.82) is 0 Å². The van der Waals surface area contributed by atoms with Crippen molar-refractivity contribution in [3.05, 3.63) is 34.9 Å². The van der Waals surface area contributed by atoms with Gasteiger partial charge in [-0.1, -0.05) is 23.7 Å². The number of rotatable bonds is 8. The van der Waals surface area contributed by atoms with Gasteiger partial charge in [0, 0.05) is 22.9 Å². The van der Waals surface area contributed by atoms with E-state index in [4.69, 9.17) is 16.3 Å². The smallest absolute Gasteiger partial charge is 0.0897 e. The first-order valence-electron chi connectivity index (χ1n) is 7.42. The summed E-state index contributed by atoms with van der Waals surface area (Å²) in [6, 6.07) is 7.56. The molecule has 2 atom stereocenters. The van der Waals surface area contributed by atoms with Gasteiger partial charge in [-0.25, -0.2) is 0 Å². The number of thioether (sulfide) groups is 1. The van der Waals surface area contributed by atoms with Gasteiger partial charge in [0.25, 0.3) is 0 Å². The fourth-order valence-electron chi connectivity index (χ4n) is 2.43. The van der Waals surface area contributed by atoms with Crippen LogP contribution in [0, 0.1) is 0 Å². The summed E-state index contributed by atoms with van der Waals surface area (Å²) in [5, 5.41) is 14.0. The van der Waals surface area contributed by atoms with Gasteiger partial charge in [-0.05, 0) is 43.2 Å². The van der Waals surface area contributed by atoms with Gasteiger partial charge in [0.05, 0.1) is 19.3 Å². The summed E-state index contributed by atoms with van der Waals surface area (Å²) in [7, 11) is 0. The molecule has 0 amide bonds. The molecule has 21 heavy (non-hydrogen) atoms. The van der Waals surface area contributed by atoms with Gasteiger partial charge >= 0.3 is 0 Å². The first-order chi connectivity index (χ1) is 10.1. The molecule has 2 rings (SSSR count). The summed E-state index contributed by atoms with van der Waals surface area (Å²) < 4.78 is 5.87. The minimum absolute atomic E-state index is 0.337. The van der Waals surface area contributed by atoms with Gasteiger partial charge < -0.3 is 15.2 Å². The standard InChI is InChI=1S/C16H24ClNO2S/c1-16(7-2-8-21-16)12-18-9-15(19)11-20-10-13-3-5-14(17)6-4-13/h3-6,15,18-19H,2,7-12H2,1H3. The summed E-state index contributed by atoms with van der Waals surface area (Å²) in [4.78, 5) is 0. The van der Waals surface area contributed by atoms with Crippen LogP contribution < -0.4 is 5.32 Å². The highest BCUT2D eigenvalue weighted by atomic mass is 35.5. The third-order valence-electron chi connectivity index (χ3n) is 3.67. The van der Waals surface area contributed by atoms with Crippen LogP contribution in [0.25, 0.3) is 0 Å². The van der Waals surface area contributed by atoms with Crippen molar-refractivity contribution in [2.45, 2.75) is 37.2 Å². The Kier molecular flexibility index (Phi) is 6.83. The van der Waals surface area contributed by atoms with Gasteiger partial charge in [0.1, 0.15) is 0 Å². The second-order valence-electron chi connectivity index (χ2n) is 5.83. The highest BCUT2D eigenvalue weighted by Crippen LogP contribution is 2.36. The van der Waals surface area contributed by atoms with E-state index in [1.54, 1.807) is 0 Å². The van der Waals surface area contributed by atoms with E-state index in [1.165, 1.54) is 18.6 Å². The van der Waals surface area contributed by atoms with Gasteiger partial charge in [0.15, 0.2) is 0 Å². The Labute approximate surface area is 136 Å². The number of aliphatic hydroxyl groups excluding tert-OH is 1. The molecule has 1 aromatic rings. The van der Waals surface area contributed by atoms with E-state index < -0.39 is 6.10 Å². The molecule has 1 aliphatic rings. The van der Waals surface area contributed by atoms with Crippen molar-refractivity contribution in [2.75, 3.05) is 25.4 Å². The zero-order valence-corrected chi connectivity index (χ0v) is 14.1. The normalized spacial score (nSPS) is 23.4. The van der Waals surface area contributed by atoms with E-state index in [2.05, 4.69) is 12.2 Å². The SMILES string of the molecule is CC1(CNCC(O)COCc2ccc(Cl)cc2)CCCS1. The Bertz CT molecular complexity index is 421. The Morgan fingerprint density at radius 1 is 1.43 bits per heavy atom. The third kappa shape index (κ3) is 6.17. The molecule has 0 spiro atoms. The molecule has 0 radical (unpaired) electrons. The van der Waals surface area contributed by atoms with Crippen LogP contribution in [0.5, 0.6) is 0 Å². The van der Waals surface area contributed by atoms with E-state index in [0.717, 1.165) is 17.1 Å². The van der Waals surface area contributed by atoms with Crippen LogP contribution in [0.2, 0.25) is 5.02 Å². The maximum atomic E-state index is 9.91. The average Bonchev–Trinajstić information content (AvgIpc) is 2.88. The molecule has 1 aliphatic heterocycles. The minimum Gasteiger partial charge on any atom is -0.389 e. The molecule has 0 aromatic heterocycles. The lowest BCUT2D eigenvalue weighted by Crippen LogP contribution is -2.38. The number of hydrogen-bond donors (Lipinski definition) is 2. The zero-order chi connectivity index (χ0) is 15.1. The van der Waals surface area contributed by atoms with Crippen LogP contribution in [-0.2, 0) is 11.3 Å². The molecule has 1 fully saturated rings. The highest BCUT2D eigenvalue weighted by molar-refractivity contribution is 8.00. The summed E-state index contributed by atoms with van der Waals surface area (Å²) in [6.07, 6.45) is 2.09. The summed E-state index contributed by atoms with van der Waals surface area (Å²) in [5.41, 5.74) is 1.06. The molecule has 2 N–H and O–H groups in total. The maximum Gasteiger partial charge on any atom is 0.0897 e. The van der Waals surface area contributed by atoms with Crippen LogP contribution >= 0.6 is 23.4 Å². The molecule has 1 heterocycles. The largest absolute Gasteiger partial charge is 0.389 e. The van der Waals surface area contributed by atoms with Gasteiger partial charge in [0.2, 0.25) is 0 Å². The van der Waals surface area contributed by atoms with Crippen molar-refractivity contribution in [3.8, 4) is 0 Å². The number of hydrogen-bond acceptors (Lipinski definition) is 4. The van der Waals surface area contributed by atoms with Crippen LogP contribution in [0.15, 0.2) is 24.3 Å². The molecule has 5 heteroatoms. The summed E-state index contributed by atoms with van der Waals surface area (Å²) >= 11 is 7.85. The predicted molar refractivity (Wildman–Crippen MR) is 90.1 cm³/mol. The number of aliphatic hydroxyl groups is 1. The van der Waals surface area contributed by atoms with Crippen molar-refractivity contribution in [1.82, 2.24) is 5.32 Å². The fraction of sp³-hybridized carbons (Fsp3) is 0.625. The topological polar surface area (TPSA) is 41.5 Å². The second-order valence-corrected chi connectivity index (χ2v) is 7.95. The minimum atomic E-state index is -0.465. The fourth-order valence-corrected chi connectivity index (χ4v) is 3.83. The summed E-state index contributed by atoms with van der Waals surface area (Å²) in [6.45, 7) is 4.67. The molecule has 0 aliphatic carbocycles. The lowest BCUT2D eigenvalue weighted by molar-refractivity contribution is 0.0287. The van der Waals surface area contributed by atoms with Crippen molar-refractivity contribution in [2.24, 2.45) is 0 Å². The third-order valence-corrected chi connectivity index (χ3v) is 5.46. The van der Waals surface area contributed by atoms with Gasteiger partial charge in [-0.3, -0.25) is 0 Å². The molecule has 1 saturated heterocycles. The first-order valence-corrected chi connectivity index (χ1v) is 8.79. The van der Waals surface area contributed by atoms with Crippen molar-refractivity contribution in [3.63, 3.8) is 0 Å². The molecule has 0 bridgehead atoms. The van der Waals surface area contributed by atoms with E-state index in [-0.39, 0.29) is 0 Å². The van der Waals surface area contributed by atoms with Gasteiger partial charge in [-0.2, -0.15) is 11.8 Å². The molecule has 1 aromatic carbocycles. The second kappa shape index (κ2) is 8.39. The molecular formula is C16H24ClNO2S. The molecule has 0 saturated carbocycles.